The maximum absolute atomic E-state index is 4.27. The van der Waals surface area contributed by atoms with E-state index in [0.717, 1.165) is 6.42 Å². The molecule has 3 heteroatoms. The number of hydrogen-bond donors (Lipinski definition) is 0. The summed E-state index contributed by atoms with van der Waals surface area (Å²) in [7, 11) is 0. The predicted molar refractivity (Wildman–Crippen MR) is 164 cm³/mol. The number of benzene rings is 4. The van der Waals surface area contributed by atoms with Gasteiger partial charge in [-0.05, 0) is 69.4 Å². The minimum absolute atomic E-state index is 0.0879. The molecule has 3 heterocycles. The van der Waals surface area contributed by atoms with Gasteiger partial charge in [0.15, 0.2) is 0 Å². The van der Waals surface area contributed by atoms with Crippen molar-refractivity contribution in [3.63, 3.8) is 0 Å². The monoisotopic (exact) mass is 498 g/mol. The first-order valence-electron chi connectivity index (χ1n) is 13.7. The van der Waals surface area contributed by atoms with Crippen molar-refractivity contribution >= 4 is 29.0 Å². The average Bonchev–Trinajstić information content (AvgIpc) is 3.01. The molecule has 0 saturated carbocycles. The van der Waals surface area contributed by atoms with Crippen LogP contribution in [0.4, 0.5) is 5.69 Å². The van der Waals surface area contributed by atoms with Crippen molar-refractivity contribution in [2.75, 3.05) is 4.81 Å². The maximum Gasteiger partial charge on any atom is 0.329 e. The second kappa shape index (κ2) is 8.44. The van der Waals surface area contributed by atoms with Gasteiger partial charge in [-0.25, -0.2) is 0 Å². The summed E-state index contributed by atoms with van der Waals surface area (Å²) < 4.78 is 0. The van der Waals surface area contributed by atoms with Crippen molar-refractivity contribution in [3.8, 4) is 22.3 Å². The van der Waals surface area contributed by atoms with Crippen LogP contribution in [-0.4, -0.2) is 11.8 Å². The fourth-order valence-electron chi connectivity index (χ4n) is 6.83. The molecule has 0 saturated heterocycles. The molecule has 4 aromatic carbocycles. The lowest BCUT2D eigenvalue weighted by Gasteiger charge is -2.47. The molecule has 1 aromatic heterocycles. The molecule has 2 nitrogen and oxygen atoms in total. The second-order valence-corrected chi connectivity index (χ2v) is 11.0. The van der Waals surface area contributed by atoms with Crippen LogP contribution in [0.15, 0.2) is 139 Å². The van der Waals surface area contributed by atoms with Crippen molar-refractivity contribution in [2.45, 2.75) is 18.8 Å². The van der Waals surface area contributed by atoms with Crippen LogP contribution >= 0.6 is 0 Å². The first-order valence-corrected chi connectivity index (χ1v) is 13.7. The molecule has 39 heavy (non-hydrogen) atoms. The number of rotatable bonds is 2. The molecule has 0 fully saturated rings. The Labute approximate surface area is 230 Å². The lowest BCUT2D eigenvalue weighted by Crippen LogP contribution is -2.62. The van der Waals surface area contributed by atoms with E-state index >= 15 is 0 Å². The van der Waals surface area contributed by atoms with E-state index in [0.29, 0.717) is 0 Å². The molecule has 0 bridgehead atoms. The van der Waals surface area contributed by atoms with Gasteiger partial charge in [0.1, 0.15) is 0 Å². The van der Waals surface area contributed by atoms with Gasteiger partial charge in [0, 0.05) is 40.3 Å². The summed E-state index contributed by atoms with van der Waals surface area (Å²) in [4.78, 5) is 6.88. The van der Waals surface area contributed by atoms with Crippen LogP contribution < -0.4 is 15.7 Å². The van der Waals surface area contributed by atoms with Crippen LogP contribution in [0, 0.1) is 0 Å². The van der Waals surface area contributed by atoms with Crippen molar-refractivity contribution < 1.29 is 0 Å². The zero-order chi connectivity index (χ0) is 26.0. The van der Waals surface area contributed by atoms with E-state index in [4.69, 9.17) is 0 Å². The van der Waals surface area contributed by atoms with Crippen molar-refractivity contribution in [1.29, 1.82) is 0 Å². The average molecular weight is 498 g/mol. The Kier molecular flexibility index (Phi) is 4.84. The molecule has 8 rings (SSSR count). The van der Waals surface area contributed by atoms with Gasteiger partial charge >= 0.3 is 6.85 Å². The lowest BCUT2D eigenvalue weighted by molar-refractivity contribution is 0.597. The molecule has 1 unspecified atom stereocenters. The minimum Gasteiger partial charge on any atom is -0.376 e. The number of pyridine rings is 1. The molecule has 1 atom stereocenters. The molecule has 3 aliphatic rings. The molecule has 0 amide bonds. The van der Waals surface area contributed by atoms with E-state index in [1.165, 1.54) is 61.3 Å². The van der Waals surface area contributed by atoms with Gasteiger partial charge in [0.05, 0.1) is 0 Å². The Morgan fingerprint density at radius 3 is 2.18 bits per heavy atom. The number of nitrogens with zero attached hydrogens (tertiary/aromatic N) is 2. The van der Waals surface area contributed by atoms with E-state index in [1.54, 1.807) is 0 Å². The molecule has 2 aliphatic heterocycles. The summed E-state index contributed by atoms with van der Waals surface area (Å²) in [5, 5.41) is 0. The fourth-order valence-corrected chi connectivity index (χ4v) is 6.83. The summed E-state index contributed by atoms with van der Waals surface area (Å²) in [5.41, 5.74) is 14.3. The van der Waals surface area contributed by atoms with E-state index < -0.39 is 0 Å². The highest BCUT2D eigenvalue weighted by Gasteiger charge is 2.45. The summed E-state index contributed by atoms with van der Waals surface area (Å²) in [6, 6.07) is 40.0. The molecule has 0 radical (unpaired) electrons. The zero-order valence-electron chi connectivity index (χ0n) is 21.9. The standard InChI is InChI=1S/C36H27BN2/c1-36(27-18-21-38-22-19-27)20-17-35-31(24-36)29-12-6-8-14-33(29)37-32-13-7-5-11-28(32)30-23-26(15-16-34(30)39(35)37)25-9-3-2-4-10-25/h2-19,21-24H,20H2,1H3. The smallest absolute Gasteiger partial charge is 0.329 e. The normalized spacial score (nSPS) is 18.6. The topological polar surface area (TPSA) is 16.1 Å². The van der Waals surface area contributed by atoms with Gasteiger partial charge in [-0.1, -0.05) is 104 Å². The van der Waals surface area contributed by atoms with Gasteiger partial charge in [0.25, 0.3) is 0 Å². The third-order valence-corrected chi connectivity index (χ3v) is 8.77. The molecule has 5 aromatic rings. The quantitative estimate of drug-likeness (QED) is 0.244. The van der Waals surface area contributed by atoms with Crippen LogP contribution in [0.3, 0.4) is 0 Å². The first kappa shape index (κ1) is 22.4. The maximum atomic E-state index is 4.27. The number of aromatic nitrogens is 1. The van der Waals surface area contributed by atoms with Crippen molar-refractivity contribution in [2.24, 2.45) is 0 Å². The number of hydrogen-bond acceptors (Lipinski definition) is 2. The minimum atomic E-state index is -0.0879. The van der Waals surface area contributed by atoms with E-state index in [-0.39, 0.29) is 12.3 Å². The highest BCUT2D eigenvalue weighted by atomic mass is 15.1. The molecule has 0 N–H and O–H groups in total. The third kappa shape index (κ3) is 3.33. The molecular weight excluding hydrogens is 471 g/mol. The zero-order valence-corrected chi connectivity index (χ0v) is 21.9. The van der Waals surface area contributed by atoms with Crippen LogP contribution in [0.5, 0.6) is 0 Å². The Morgan fingerprint density at radius 2 is 1.38 bits per heavy atom. The van der Waals surface area contributed by atoms with E-state index in [1.807, 2.05) is 12.4 Å². The largest absolute Gasteiger partial charge is 0.376 e. The van der Waals surface area contributed by atoms with E-state index in [9.17, 15) is 0 Å². The highest BCUT2D eigenvalue weighted by molar-refractivity contribution is 6.91. The Bertz CT molecular complexity index is 1810. The summed E-state index contributed by atoms with van der Waals surface area (Å²) in [6.45, 7) is 2.49. The molecule has 1 aliphatic carbocycles. The van der Waals surface area contributed by atoms with Gasteiger partial charge in [0.2, 0.25) is 0 Å². The fraction of sp³-hybridized carbons (Fsp3) is 0.0833. The van der Waals surface area contributed by atoms with Gasteiger partial charge in [-0.2, -0.15) is 0 Å². The third-order valence-electron chi connectivity index (χ3n) is 8.77. The van der Waals surface area contributed by atoms with Crippen LogP contribution in [0.1, 0.15) is 24.5 Å². The summed E-state index contributed by atoms with van der Waals surface area (Å²) in [5.74, 6) is 0. The second-order valence-electron chi connectivity index (χ2n) is 11.0. The number of anilines is 1. The Morgan fingerprint density at radius 1 is 0.692 bits per heavy atom. The first-order chi connectivity index (χ1) is 19.2. The Hall–Kier alpha value is -4.63. The lowest BCUT2D eigenvalue weighted by atomic mass is 9.42. The van der Waals surface area contributed by atoms with Gasteiger partial charge in [-0.15, -0.1) is 0 Å². The van der Waals surface area contributed by atoms with Gasteiger partial charge < -0.3 is 4.81 Å². The summed E-state index contributed by atoms with van der Waals surface area (Å²) >= 11 is 0. The molecule has 184 valence electrons. The predicted octanol–water partition coefficient (Wildman–Crippen LogP) is 6.98. The molecular formula is C36H27BN2. The van der Waals surface area contributed by atoms with Crippen LogP contribution in [-0.2, 0) is 5.41 Å². The van der Waals surface area contributed by atoms with Gasteiger partial charge in [-0.3, -0.25) is 4.98 Å². The number of fused-ring (bicyclic) bond motifs is 11. The highest BCUT2D eigenvalue weighted by Crippen LogP contribution is 2.48. The van der Waals surface area contributed by atoms with Crippen LogP contribution in [0.2, 0.25) is 0 Å². The number of allylic oxidation sites excluding steroid dienone is 3. The SMILES string of the molecule is CC1(c2ccncc2)C=C2C(=CC1)N1B(c3ccccc32)c2ccccc2-c2cc(-c3ccccc3)ccc21. The van der Waals surface area contributed by atoms with Crippen molar-refractivity contribution in [1.82, 2.24) is 4.98 Å². The Balaban J connectivity index is 1.38. The molecule has 0 spiro atoms. The van der Waals surface area contributed by atoms with Crippen LogP contribution in [0.25, 0.3) is 27.8 Å². The summed E-state index contributed by atoms with van der Waals surface area (Å²) in [6.07, 6.45) is 9.74. The van der Waals surface area contributed by atoms with E-state index in [2.05, 4.69) is 138 Å². The van der Waals surface area contributed by atoms with Crippen molar-refractivity contribution in [3.05, 3.63) is 151 Å².